The summed E-state index contributed by atoms with van der Waals surface area (Å²) in [5.74, 6) is 2.24. The molecule has 0 spiro atoms. The van der Waals surface area contributed by atoms with Crippen molar-refractivity contribution in [2.75, 3.05) is 56.2 Å². The van der Waals surface area contributed by atoms with Gasteiger partial charge < -0.3 is 28.9 Å². The summed E-state index contributed by atoms with van der Waals surface area (Å²) in [6.45, 7) is 12.6. The molecule has 1 atom stereocenters. The number of carbonyl (C=O) groups is 3. The van der Waals surface area contributed by atoms with Crippen LogP contribution in [0.5, 0.6) is 11.5 Å². The van der Waals surface area contributed by atoms with Gasteiger partial charge in [-0.15, -0.1) is 0 Å². The quantitative estimate of drug-likeness (QED) is 0.174. The van der Waals surface area contributed by atoms with Gasteiger partial charge in [-0.2, -0.15) is 5.10 Å². The molecule has 6 aliphatic rings. The highest BCUT2D eigenvalue weighted by atomic mass is 16.5. The van der Waals surface area contributed by atoms with E-state index < -0.39 is 11.9 Å². The normalized spacial score (nSPS) is 25.3. The minimum Gasteiger partial charge on any atom is -0.494 e. The maximum Gasteiger partial charge on any atom is 0.255 e. The number of nitrogens with zero attached hydrogens (tertiary/aromatic N) is 7. The number of rotatable bonds is 11. The van der Waals surface area contributed by atoms with E-state index in [1.165, 1.54) is 12.8 Å². The molecule has 0 radical (unpaired) electrons. The van der Waals surface area contributed by atoms with Gasteiger partial charge in [0.2, 0.25) is 11.8 Å². The first kappa shape index (κ1) is 40.8. The number of piperidine rings is 2. The van der Waals surface area contributed by atoms with E-state index in [1.807, 2.05) is 24.3 Å². The van der Waals surface area contributed by atoms with Gasteiger partial charge >= 0.3 is 0 Å². The van der Waals surface area contributed by atoms with Crippen molar-refractivity contribution in [3.63, 3.8) is 0 Å². The molecule has 10 rings (SSSR count). The maximum absolute atomic E-state index is 13.5. The van der Waals surface area contributed by atoms with Crippen LogP contribution >= 0.6 is 0 Å². The second-order valence-corrected chi connectivity index (χ2v) is 19.3. The number of anilines is 2. The van der Waals surface area contributed by atoms with Gasteiger partial charge in [-0.05, 0) is 115 Å². The van der Waals surface area contributed by atoms with E-state index in [2.05, 4.69) is 73.1 Å². The second-order valence-electron chi connectivity index (χ2n) is 19.3. The van der Waals surface area contributed by atoms with Gasteiger partial charge in [-0.25, -0.2) is 9.97 Å². The molecule has 15 nitrogen and oxygen atoms in total. The van der Waals surface area contributed by atoms with Crippen molar-refractivity contribution in [3.05, 3.63) is 53.9 Å². The zero-order valence-corrected chi connectivity index (χ0v) is 36.5. The number of benzene rings is 2. The lowest BCUT2D eigenvalue weighted by atomic mass is 9.85. The lowest BCUT2D eigenvalue weighted by Gasteiger charge is -2.49. The summed E-state index contributed by atoms with van der Waals surface area (Å²) in [7, 11) is 1.66. The number of ether oxygens (including phenoxy) is 3. The summed E-state index contributed by atoms with van der Waals surface area (Å²) >= 11 is 0. The van der Waals surface area contributed by atoms with Crippen molar-refractivity contribution in [1.82, 2.24) is 35.3 Å². The van der Waals surface area contributed by atoms with Crippen LogP contribution in [0.2, 0.25) is 0 Å². The van der Waals surface area contributed by atoms with Crippen molar-refractivity contribution in [3.8, 4) is 22.9 Å². The Hall–Kier alpha value is -5.28. The Bertz CT molecular complexity index is 2360. The van der Waals surface area contributed by atoms with Gasteiger partial charge in [0.1, 0.15) is 41.0 Å². The zero-order valence-electron chi connectivity index (χ0n) is 36.5. The molecule has 2 aromatic carbocycles. The van der Waals surface area contributed by atoms with Gasteiger partial charge in [0, 0.05) is 73.8 Å². The summed E-state index contributed by atoms with van der Waals surface area (Å²) in [5.41, 5.74) is 4.82. The molecule has 5 fully saturated rings. The van der Waals surface area contributed by atoms with Gasteiger partial charge in [-0.1, -0.05) is 0 Å². The van der Waals surface area contributed by atoms with E-state index in [1.54, 1.807) is 18.3 Å². The fraction of sp³-hybridized carbons (Fsp3) is 0.574. The van der Waals surface area contributed by atoms with Crippen molar-refractivity contribution in [2.24, 2.45) is 5.92 Å². The van der Waals surface area contributed by atoms with Gasteiger partial charge in [0.05, 0.1) is 42.8 Å². The Labute approximate surface area is 362 Å². The number of aromatic nitrogens is 4. The first-order chi connectivity index (χ1) is 29.9. The molecule has 4 aliphatic heterocycles. The van der Waals surface area contributed by atoms with Gasteiger partial charge in [0.15, 0.2) is 0 Å². The minimum absolute atomic E-state index is 0.0476. The number of imide groups is 1. The molecule has 3 saturated heterocycles. The molecule has 2 aromatic heterocycles. The van der Waals surface area contributed by atoms with Crippen LogP contribution in [0.4, 0.5) is 11.5 Å². The second kappa shape index (κ2) is 16.1. The first-order valence-electron chi connectivity index (χ1n) is 22.7. The Kier molecular flexibility index (Phi) is 10.6. The minimum atomic E-state index is -0.657. The Morgan fingerprint density at radius 3 is 2.39 bits per heavy atom. The van der Waals surface area contributed by atoms with Gasteiger partial charge in [0.25, 0.3) is 5.91 Å². The lowest BCUT2D eigenvalue weighted by Crippen LogP contribution is -2.60. The van der Waals surface area contributed by atoms with E-state index in [0.29, 0.717) is 36.3 Å². The van der Waals surface area contributed by atoms with Crippen molar-refractivity contribution >= 4 is 40.1 Å². The topological polar surface area (TPSA) is 158 Å². The zero-order chi connectivity index (χ0) is 42.8. The van der Waals surface area contributed by atoms with Crippen LogP contribution in [0.3, 0.4) is 0 Å². The number of nitrogens with one attached hydrogen (secondary N) is 2. The third kappa shape index (κ3) is 7.97. The Balaban J connectivity index is 0.696. The monoisotopic (exact) mass is 845 g/mol. The van der Waals surface area contributed by atoms with Crippen molar-refractivity contribution in [2.45, 2.75) is 121 Å². The van der Waals surface area contributed by atoms with E-state index in [0.717, 1.165) is 123 Å². The van der Waals surface area contributed by atoms with Crippen LogP contribution in [0.25, 0.3) is 22.3 Å². The summed E-state index contributed by atoms with van der Waals surface area (Å²) < 4.78 is 19.0. The van der Waals surface area contributed by atoms with Crippen LogP contribution < -0.4 is 24.6 Å². The highest BCUT2D eigenvalue weighted by Crippen LogP contribution is 2.43. The standard InChI is InChI=1S/C47H59N9O6/c1-46(2)27-54(38-12-10-33-35(43(38)60-4)26-56(45(33)59)39-13-14-41(57)50-44(39)58)21-22-55(46)25-29-5-7-30(8-6-29)61-31-15-19-53(20-16-31)40-24-37(48-28-49-40)42-34-23-32(62-47(3)17-18-47)9-11-36(34)51-52-42/h9-12,23-24,28-31,39H,5-8,13-22,25-27H2,1-4H3,(H,51,52)(H,50,57,58). The molecule has 2 aliphatic carbocycles. The van der Waals surface area contributed by atoms with E-state index in [9.17, 15) is 14.4 Å². The van der Waals surface area contributed by atoms with Crippen LogP contribution in [0.15, 0.2) is 42.7 Å². The molecule has 0 bridgehead atoms. The highest BCUT2D eigenvalue weighted by Gasteiger charge is 2.43. The van der Waals surface area contributed by atoms with Crippen LogP contribution in [-0.4, -0.2) is 123 Å². The predicted octanol–water partition coefficient (Wildman–Crippen LogP) is 5.87. The van der Waals surface area contributed by atoms with Crippen molar-refractivity contribution < 1.29 is 28.6 Å². The van der Waals surface area contributed by atoms with E-state index in [4.69, 9.17) is 14.2 Å². The Morgan fingerprint density at radius 1 is 0.855 bits per heavy atom. The third-order valence-corrected chi connectivity index (χ3v) is 14.4. The summed E-state index contributed by atoms with van der Waals surface area (Å²) in [4.78, 5) is 56.1. The van der Waals surface area contributed by atoms with E-state index >= 15 is 0 Å². The summed E-state index contributed by atoms with van der Waals surface area (Å²) in [6.07, 6.45) is 11.5. The van der Waals surface area contributed by atoms with Crippen LogP contribution in [0, 0.1) is 5.92 Å². The third-order valence-electron chi connectivity index (χ3n) is 14.4. The number of aromatic amines is 1. The Morgan fingerprint density at radius 2 is 1.65 bits per heavy atom. The summed E-state index contributed by atoms with van der Waals surface area (Å²) in [5, 5.41) is 11.2. The molecular weight excluding hydrogens is 787 g/mol. The number of amides is 3. The molecule has 6 heterocycles. The number of carbonyl (C=O) groups excluding carboxylic acids is 3. The number of fused-ring (bicyclic) bond motifs is 2. The molecule has 2 N–H and O–H groups in total. The average Bonchev–Trinajstić information content (AvgIpc) is 3.68. The number of H-pyrrole nitrogens is 1. The molecule has 3 amide bonds. The maximum atomic E-state index is 13.5. The average molecular weight is 846 g/mol. The summed E-state index contributed by atoms with van der Waals surface area (Å²) in [6, 6.07) is 11.4. The molecule has 1 unspecified atom stereocenters. The van der Waals surface area contributed by atoms with Crippen LogP contribution in [-0.2, 0) is 20.9 Å². The predicted molar refractivity (Wildman–Crippen MR) is 234 cm³/mol. The molecule has 15 heteroatoms. The fourth-order valence-electron chi connectivity index (χ4n) is 10.5. The van der Waals surface area contributed by atoms with Gasteiger partial charge in [-0.3, -0.25) is 29.7 Å². The van der Waals surface area contributed by atoms with Crippen LogP contribution in [0.1, 0.15) is 101 Å². The SMILES string of the molecule is COc1c(N2CCN(CC3CCC(OC4CCN(c5cc(-c6n[nH]c7ccc(OC8(C)CC8)cc67)ncn5)CC4)CC3)C(C)(C)C2)ccc2c1CN(C1CCC(=O)NC1=O)C2=O. The smallest absolute Gasteiger partial charge is 0.255 e. The number of piperazine rings is 1. The lowest BCUT2D eigenvalue weighted by molar-refractivity contribution is -0.136. The number of methoxy groups -OCH3 is 1. The van der Waals surface area contributed by atoms with Crippen molar-refractivity contribution in [1.29, 1.82) is 0 Å². The highest BCUT2D eigenvalue weighted by molar-refractivity contribution is 6.06. The fourth-order valence-corrected chi connectivity index (χ4v) is 10.5. The van der Waals surface area contributed by atoms with E-state index in [-0.39, 0.29) is 35.5 Å². The molecule has 2 saturated carbocycles. The molecule has 4 aromatic rings. The number of hydrogen-bond donors (Lipinski definition) is 2. The molecule has 62 heavy (non-hydrogen) atoms. The molecular formula is C47H59N9O6. The molecule has 328 valence electrons. The largest absolute Gasteiger partial charge is 0.494 e. The first-order valence-corrected chi connectivity index (χ1v) is 22.7. The number of hydrogen-bond acceptors (Lipinski definition) is 12.